The molecule has 0 unspecified atom stereocenters. The number of nitrogens with two attached hydrogens (primary N) is 1. The Labute approximate surface area is 125 Å². The summed E-state index contributed by atoms with van der Waals surface area (Å²) in [5.74, 6) is -1.84. The van der Waals surface area contributed by atoms with Crippen molar-refractivity contribution in [1.82, 2.24) is 0 Å². The third-order valence-electron chi connectivity index (χ3n) is 3.37. The van der Waals surface area contributed by atoms with E-state index in [0.29, 0.717) is 16.5 Å². The summed E-state index contributed by atoms with van der Waals surface area (Å²) in [7, 11) is 0. The van der Waals surface area contributed by atoms with Crippen molar-refractivity contribution in [2.45, 2.75) is 26.2 Å². The SMILES string of the molecule is C[C@@H]1CCc2c(sc(NC(=O)/C=C\C(=O)O)c2C(N)=O)C1. The molecule has 112 valence electrons. The Morgan fingerprint density at radius 2 is 2.10 bits per heavy atom. The highest BCUT2D eigenvalue weighted by atomic mass is 32.1. The number of anilines is 1. The number of rotatable bonds is 4. The molecule has 1 aromatic rings. The molecule has 0 aliphatic heterocycles. The van der Waals surface area contributed by atoms with Gasteiger partial charge in [-0.2, -0.15) is 0 Å². The van der Waals surface area contributed by atoms with Crippen LogP contribution in [-0.4, -0.2) is 22.9 Å². The number of hydrogen-bond acceptors (Lipinski definition) is 4. The highest BCUT2D eigenvalue weighted by Crippen LogP contribution is 2.39. The Hall–Kier alpha value is -2.15. The number of nitrogens with one attached hydrogen (secondary N) is 1. The van der Waals surface area contributed by atoms with Crippen molar-refractivity contribution in [1.29, 1.82) is 0 Å². The summed E-state index contributed by atoms with van der Waals surface area (Å²) in [5, 5.41) is 11.4. The third kappa shape index (κ3) is 3.49. The summed E-state index contributed by atoms with van der Waals surface area (Å²) < 4.78 is 0. The van der Waals surface area contributed by atoms with Crippen molar-refractivity contribution in [2.75, 3.05) is 5.32 Å². The summed E-state index contributed by atoms with van der Waals surface area (Å²) in [6.45, 7) is 2.14. The second-order valence-corrected chi connectivity index (χ2v) is 6.19. The van der Waals surface area contributed by atoms with Gasteiger partial charge in [0.05, 0.1) is 5.56 Å². The van der Waals surface area contributed by atoms with E-state index >= 15 is 0 Å². The maximum atomic E-state index is 11.7. The van der Waals surface area contributed by atoms with E-state index in [4.69, 9.17) is 10.8 Å². The quantitative estimate of drug-likeness (QED) is 0.733. The lowest BCUT2D eigenvalue weighted by Crippen LogP contribution is -2.18. The highest BCUT2D eigenvalue weighted by Gasteiger charge is 2.26. The van der Waals surface area contributed by atoms with Crippen LogP contribution in [0, 0.1) is 5.92 Å². The van der Waals surface area contributed by atoms with Gasteiger partial charge in [-0.3, -0.25) is 9.59 Å². The average molecular weight is 308 g/mol. The Balaban J connectivity index is 2.29. The molecule has 0 aromatic carbocycles. The van der Waals surface area contributed by atoms with Crippen molar-refractivity contribution in [2.24, 2.45) is 11.7 Å². The van der Waals surface area contributed by atoms with Crippen LogP contribution < -0.4 is 11.1 Å². The van der Waals surface area contributed by atoms with Gasteiger partial charge in [-0.1, -0.05) is 6.92 Å². The zero-order chi connectivity index (χ0) is 15.6. The first-order chi connectivity index (χ1) is 9.88. The van der Waals surface area contributed by atoms with Crippen LogP contribution in [-0.2, 0) is 22.4 Å². The van der Waals surface area contributed by atoms with Gasteiger partial charge < -0.3 is 16.2 Å². The molecule has 6 nitrogen and oxygen atoms in total. The number of carboxylic acids is 1. The van der Waals surface area contributed by atoms with E-state index in [1.54, 1.807) is 0 Å². The molecule has 21 heavy (non-hydrogen) atoms. The van der Waals surface area contributed by atoms with E-state index in [-0.39, 0.29) is 0 Å². The number of fused-ring (bicyclic) bond motifs is 1. The maximum absolute atomic E-state index is 11.7. The van der Waals surface area contributed by atoms with Gasteiger partial charge in [-0.25, -0.2) is 4.79 Å². The molecule has 0 saturated heterocycles. The minimum Gasteiger partial charge on any atom is -0.478 e. The van der Waals surface area contributed by atoms with E-state index in [2.05, 4.69) is 12.2 Å². The van der Waals surface area contributed by atoms with Crippen molar-refractivity contribution in [3.8, 4) is 0 Å². The van der Waals surface area contributed by atoms with E-state index < -0.39 is 17.8 Å². The maximum Gasteiger partial charge on any atom is 0.328 e. The van der Waals surface area contributed by atoms with Crippen LogP contribution in [0.25, 0.3) is 0 Å². The number of amides is 2. The highest BCUT2D eigenvalue weighted by molar-refractivity contribution is 7.17. The predicted molar refractivity (Wildman–Crippen MR) is 79.4 cm³/mol. The minimum atomic E-state index is -1.21. The van der Waals surface area contributed by atoms with E-state index in [1.807, 2.05) is 0 Å². The zero-order valence-electron chi connectivity index (χ0n) is 11.5. The normalized spacial score (nSPS) is 17.5. The number of thiophene rings is 1. The lowest BCUT2D eigenvalue weighted by Gasteiger charge is -2.18. The molecule has 1 aliphatic carbocycles. The van der Waals surface area contributed by atoms with Crippen molar-refractivity contribution in [3.05, 3.63) is 28.2 Å². The molecule has 2 amide bonds. The Kier molecular flexibility index (Phi) is 4.42. The van der Waals surface area contributed by atoms with Crippen LogP contribution >= 0.6 is 11.3 Å². The van der Waals surface area contributed by atoms with Gasteiger partial charge in [-0.05, 0) is 30.7 Å². The number of hydrogen-bond donors (Lipinski definition) is 3. The molecule has 0 radical (unpaired) electrons. The number of carboxylic acid groups (broad SMARTS) is 1. The molecule has 7 heteroatoms. The Bertz CT molecular complexity index is 633. The lowest BCUT2D eigenvalue weighted by atomic mass is 9.88. The molecule has 1 heterocycles. The smallest absolute Gasteiger partial charge is 0.328 e. The monoisotopic (exact) mass is 308 g/mol. The number of carbonyl (C=O) groups excluding carboxylic acids is 2. The first-order valence-corrected chi connectivity index (χ1v) is 7.36. The minimum absolute atomic E-state index is 0.360. The first kappa shape index (κ1) is 15.2. The molecule has 1 aromatic heterocycles. The third-order valence-corrected chi connectivity index (χ3v) is 4.54. The van der Waals surface area contributed by atoms with Gasteiger partial charge in [-0.15, -0.1) is 11.3 Å². The second-order valence-electron chi connectivity index (χ2n) is 5.08. The largest absolute Gasteiger partial charge is 0.478 e. The van der Waals surface area contributed by atoms with E-state index in [9.17, 15) is 14.4 Å². The topological polar surface area (TPSA) is 109 Å². The summed E-state index contributed by atoms with van der Waals surface area (Å²) in [6, 6.07) is 0. The predicted octanol–water partition coefficient (Wildman–Crippen LogP) is 1.55. The van der Waals surface area contributed by atoms with Gasteiger partial charge >= 0.3 is 5.97 Å². The second kappa shape index (κ2) is 6.09. The van der Waals surface area contributed by atoms with Gasteiger partial charge in [0.2, 0.25) is 5.91 Å². The van der Waals surface area contributed by atoms with Crippen LogP contribution in [0.15, 0.2) is 12.2 Å². The van der Waals surface area contributed by atoms with Gasteiger partial charge in [0.25, 0.3) is 5.91 Å². The number of carbonyl (C=O) groups is 3. The summed E-state index contributed by atoms with van der Waals surface area (Å²) >= 11 is 1.34. The number of aliphatic carboxylic acids is 1. The zero-order valence-corrected chi connectivity index (χ0v) is 12.3. The van der Waals surface area contributed by atoms with E-state index in [1.165, 1.54) is 11.3 Å². The van der Waals surface area contributed by atoms with Crippen molar-refractivity contribution < 1.29 is 19.5 Å². The first-order valence-electron chi connectivity index (χ1n) is 6.54. The standard InChI is InChI=1S/C14H16N2O4S/c1-7-2-3-8-9(6-7)21-14(12(8)13(15)20)16-10(17)4-5-11(18)19/h4-5,7H,2-3,6H2,1H3,(H2,15,20)(H,16,17)(H,18,19)/b5-4-/t7-/m1/s1. The van der Waals surface area contributed by atoms with Crippen LogP contribution in [0.2, 0.25) is 0 Å². The summed E-state index contributed by atoms with van der Waals surface area (Å²) in [5.41, 5.74) is 6.70. The molecule has 2 rings (SSSR count). The summed E-state index contributed by atoms with van der Waals surface area (Å²) in [4.78, 5) is 34.8. The van der Waals surface area contributed by atoms with Crippen molar-refractivity contribution >= 4 is 34.1 Å². The van der Waals surface area contributed by atoms with Crippen LogP contribution in [0.3, 0.4) is 0 Å². The molecule has 0 fully saturated rings. The van der Waals surface area contributed by atoms with E-state index in [0.717, 1.165) is 41.9 Å². The van der Waals surface area contributed by atoms with Crippen LogP contribution in [0.4, 0.5) is 5.00 Å². The molecular formula is C14H16N2O4S. The average Bonchev–Trinajstić information content (AvgIpc) is 2.73. The molecule has 0 saturated carbocycles. The molecule has 1 aliphatic rings. The summed E-state index contributed by atoms with van der Waals surface area (Å²) in [6.07, 6.45) is 4.27. The molecule has 4 N–H and O–H groups in total. The van der Waals surface area contributed by atoms with Gasteiger partial charge in [0.15, 0.2) is 0 Å². The fraction of sp³-hybridized carbons (Fsp3) is 0.357. The fourth-order valence-electron chi connectivity index (χ4n) is 2.40. The Morgan fingerprint density at radius 3 is 2.71 bits per heavy atom. The molecular weight excluding hydrogens is 292 g/mol. The molecule has 0 spiro atoms. The van der Waals surface area contributed by atoms with Crippen molar-refractivity contribution in [3.63, 3.8) is 0 Å². The van der Waals surface area contributed by atoms with Crippen LogP contribution in [0.1, 0.15) is 34.1 Å². The molecule has 1 atom stereocenters. The lowest BCUT2D eigenvalue weighted by molar-refractivity contribution is -0.131. The van der Waals surface area contributed by atoms with Gasteiger partial charge in [0, 0.05) is 17.0 Å². The van der Waals surface area contributed by atoms with Crippen LogP contribution in [0.5, 0.6) is 0 Å². The Morgan fingerprint density at radius 1 is 1.38 bits per heavy atom. The number of primary amides is 1. The molecule has 0 bridgehead atoms. The van der Waals surface area contributed by atoms with Gasteiger partial charge in [0.1, 0.15) is 5.00 Å². The fourth-order valence-corrected chi connectivity index (χ4v) is 3.82.